The van der Waals surface area contributed by atoms with Gasteiger partial charge in [-0.15, -0.1) is 0 Å². The van der Waals surface area contributed by atoms with Crippen molar-refractivity contribution in [1.82, 2.24) is 10.2 Å². The Morgan fingerprint density at radius 2 is 1.76 bits per heavy atom. The summed E-state index contributed by atoms with van der Waals surface area (Å²) in [5.74, 6) is 1.32. The van der Waals surface area contributed by atoms with Crippen molar-refractivity contribution in [3.63, 3.8) is 0 Å². The van der Waals surface area contributed by atoms with Gasteiger partial charge in [0.15, 0.2) is 11.5 Å². The smallest absolute Gasteiger partial charge is 0.162 e. The van der Waals surface area contributed by atoms with Gasteiger partial charge >= 0.3 is 0 Å². The van der Waals surface area contributed by atoms with Gasteiger partial charge in [0, 0.05) is 26.6 Å². The molecule has 0 heterocycles. The molecule has 7 heteroatoms. The van der Waals surface area contributed by atoms with Gasteiger partial charge in [-0.2, -0.15) is 0 Å². The van der Waals surface area contributed by atoms with Crippen LogP contribution in [0.1, 0.15) is 31.4 Å². The molecule has 0 spiro atoms. The van der Waals surface area contributed by atoms with E-state index >= 15 is 0 Å². The SMILES string of the molecule is CCN(CC)CCCNCc1cc(OC)c(OCc2c(Cl)cccc2Cl)cc1Br. The number of hydrogen-bond acceptors (Lipinski definition) is 4. The lowest BCUT2D eigenvalue weighted by Gasteiger charge is -2.18. The molecule has 0 saturated heterocycles. The average Bonchev–Trinajstić information content (AvgIpc) is 2.71. The summed E-state index contributed by atoms with van der Waals surface area (Å²) in [5.41, 5.74) is 1.88. The molecule has 0 aliphatic carbocycles. The molecule has 0 aliphatic rings. The Hall–Kier alpha value is -0.980. The van der Waals surface area contributed by atoms with Gasteiger partial charge in [0.1, 0.15) is 6.61 Å². The molecule has 0 amide bonds. The minimum atomic E-state index is 0.268. The second-order valence-electron chi connectivity index (χ2n) is 6.64. The Balaban J connectivity index is 1.96. The maximum absolute atomic E-state index is 6.23. The van der Waals surface area contributed by atoms with Gasteiger partial charge in [0.2, 0.25) is 0 Å². The molecule has 0 aliphatic heterocycles. The monoisotopic (exact) mass is 502 g/mol. The lowest BCUT2D eigenvalue weighted by Crippen LogP contribution is -2.27. The average molecular weight is 504 g/mol. The molecule has 0 saturated carbocycles. The van der Waals surface area contributed by atoms with E-state index in [1.165, 1.54) is 0 Å². The maximum Gasteiger partial charge on any atom is 0.162 e. The van der Waals surface area contributed by atoms with Gasteiger partial charge in [-0.3, -0.25) is 0 Å². The molecule has 0 radical (unpaired) electrons. The first-order valence-corrected chi connectivity index (χ1v) is 11.4. The second-order valence-corrected chi connectivity index (χ2v) is 8.31. The van der Waals surface area contributed by atoms with E-state index in [4.69, 9.17) is 32.7 Å². The normalized spacial score (nSPS) is 11.1. The summed E-state index contributed by atoms with van der Waals surface area (Å²) < 4.78 is 12.5. The molecule has 160 valence electrons. The van der Waals surface area contributed by atoms with Crippen molar-refractivity contribution < 1.29 is 9.47 Å². The Labute approximate surface area is 192 Å². The van der Waals surface area contributed by atoms with Gasteiger partial charge in [-0.25, -0.2) is 0 Å². The van der Waals surface area contributed by atoms with Crippen LogP contribution in [0, 0.1) is 0 Å². The summed E-state index contributed by atoms with van der Waals surface area (Å²) in [4.78, 5) is 2.43. The highest BCUT2D eigenvalue weighted by Gasteiger charge is 2.13. The molecule has 0 atom stereocenters. The molecular formula is C22H29BrCl2N2O2. The van der Waals surface area contributed by atoms with Crippen molar-refractivity contribution in [3.8, 4) is 11.5 Å². The van der Waals surface area contributed by atoms with E-state index in [9.17, 15) is 0 Å². The van der Waals surface area contributed by atoms with Gasteiger partial charge in [-0.1, -0.05) is 59.0 Å². The predicted octanol–water partition coefficient (Wildman–Crippen LogP) is 6.17. The third-order valence-electron chi connectivity index (χ3n) is 4.80. The topological polar surface area (TPSA) is 33.7 Å². The van der Waals surface area contributed by atoms with E-state index < -0.39 is 0 Å². The van der Waals surface area contributed by atoms with E-state index in [1.54, 1.807) is 19.2 Å². The fraction of sp³-hybridized carbons (Fsp3) is 0.455. The van der Waals surface area contributed by atoms with Crippen LogP contribution < -0.4 is 14.8 Å². The number of halogens is 3. The number of methoxy groups -OCH3 is 1. The number of hydrogen-bond donors (Lipinski definition) is 1. The third-order valence-corrected chi connectivity index (χ3v) is 6.25. The first-order valence-electron chi connectivity index (χ1n) is 9.85. The molecule has 2 aromatic rings. The minimum absolute atomic E-state index is 0.268. The summed E-state index contributed by atoms with van der Waals surface area (Å²) in [6.45, 7) is 9.69. The summed E-state index contributed by atoms with van der Waals surface area (Å²) in [5, 5.41) is 4.67. The van der Waals surface area contributed by atoms with Gasteiger partial charge < -0.3 is 19.7 Å². The van der Waals surface area contributed by atoms with Crippen molar-refractivity contribution in [2.75, 3.05) is 33.3 Å². The van der Waals surface area contributed by atoms with Crippen molar-refractivity contribution in [2.24, 2.45) is 0 Å². The number of rotatable bonds is 12. The molecule has 2 aromatic carbocycles. The number of nitrogens with zero attached hydrogens (tertiary/aromatic N) is 1. The van der Waals surface area contributed by atoms with Crippen molar-refractivity contribution in [1.29, 1.82) is 0 Å². The number of benzene rings is 2. The molecule has 0 fully saturated rings. The fourth-order valence-corrected chi connectivity index (χ4v) is 3.96. The van der Waals surface area contributed by atoms with Gasteiger partial charge in [0.25, 0.3) is 0 Å². The van der Waals surface area contributed by atoms with E-state index in [1.807, 2.05) is 18.2 Å². The van der Waals surface area contributed by atoms with Crippen LogP contribution in [-0.2, 0) is 13.2 Å². The Morgan fingerprint density at radius 3 is 2.38 bits per heavy atom. The maximum atomic E-state index is 6.23. The largest absolute Gasteiger partial charge is 0.493 e. The predicted molar refractivity (Wildman–Crippen MR) is 126 cm³/mol. The summed E-state index contributed by atoms with van der Waals surface area (Å²) in [6, 6.07) is 9.33. The Bertz CT molecular complexity index is 765. The van der Waals surface area contributed by atoms with Crippen LogP contribution in [0.5, 0.6) is 11.5 Å². The van der Waals surface area contributed by atoms with E-state index in [-0.39, 0.29) is 6.61 Å². The van der Waals surface area contributed by atoms with E-state index in [0.717, 1.165) is 54.7 Å². The van der Waals surface area contributed by atoms with E-state index in [0.29, 0.717) is 21.5 Å². The Kier molecular flexibility index (Phi) is 10.6. The zero-order valence-electron chi connectivity index (χ0n) is 17.2. The highest BCUT2D eigenvalue weighted by atomic mass is 79.9. The number of ether oxygens (including phenoxy) is 2. The zero-order chi connectivity index (χ0) is 21.2. The highest BCUT2D eigenvalue weighted by Crippen LogP contribution is 2.35. The first-order chi connectivity index (χ1) is 14.0. The summed E-state index contributed by atoms with van der Waals surface area (Å²) in [7, 11) is 1.64. The van der Waals surface area contributed by atoms with Crippen molar-refractivity contribution in [3.05, 3.63) is 56.0 Å². The standard InChI is InChI=1S/C22H29BrCl2N2O2/c1-4-27(5-2)11-7-10-26-14-16-12-21(28-3)22(13-18(16)23)29-15-17-19(24)8-6-9-20(17)25/h6,8-9,12-13,26H,4-5,7,10-11,14-15H2,1-3H3. The van der Waals surface area contributed by atoms with Crippen LogP contribution >= 0.6 is 39.1 Å². The molecule has 2 rings (SSSR count). The van der Waals surface area contributed by atoms with Crippen LogP contribution in [0.15, 0.2) is 34.8 Å². The lowest BCUT2D eigenvalue weighted by atomic mass is 10.2. The third kappa shape index (κ3) is 7.34. The second kappa shape index (κ2) is 12.7. The van der Waals surface area contributed by atoms with Crippen LogP contribution in [0.2, 0.25) is 10.0 Å². The molecule has 0 aromatic heterocycles. The Morgan fingerprint density at radius 1 is 1.07 bits per heavy atom. The van der Waals surface area contributed by atoms with Crippen LogP contribution in [0.4, 0.5) is 0 Å². The lowest BCUT2D eigenvalue weighted by molar-refractivity contribution is 0.284. The molecule has 1 N–H and O–H groups in total. The molecule has 0 unspecified atom stereocenters. The molecule has 4 nitrogen and oxygen atoms in total. The summed E-state index contributed by atoms with van der Waals surface area (Å²) >= 11 is 16.1. The van der Waals surface area contributed by atoms with Crippen LogP contribution in [-0.4, -0.2) is 38.2 Å². The highest BCUT2D eigenvalue weighted by molar-refractivity contribution is 9.10. The summed E-state index contributed by atoms with van der Waals surface area (Å²) in [6.07, 6.45) is 1.12. The van der Waals surface area contributed by atoms with Crippen molar-refractivity contribution in [2.45, 2.75) is 33.4 Å². The van der Waals surface area contributed by atoms with Crippen molar-refractivity contribution >= 4 is 39.1 Å². The van der Waals surface area contributed by atoms with Crippen LogP contribution in [0.25, 0.3) is 0 Å². The molecular weight excluding hydrogens is 475 g/mol. The molecule has 29 heavy (non-hydrogen) atoms. The van der Waals surface area contributed by atoms with Gasteiger partial charge in [-0.05, 0) is 62.4 Å². The number of nitrogens with one attached hydrogen (secondary N) is 1. The van der Waals surface area contributed by atoms with Gasteiger partial charge in [0.05, 0.1) is 7.11 Å². The zero-order valence-corrected chi connectivity index (χ0v) is 20.3. The fourth-order valence-electron chi connectivity index (χ4n) is 3.00. The van der Waals surface area contributed by atoms with E-state index in [2.05, 4.69) is 40.0 Å². The minimum Gasteiger partial charge on any atom is -0.493 e. The first kappa shape index (κ1) is 24.3. The quantitative estimate of drug-likeness (QED) is 0.351. The van der Waals surface area contributed by atoms with Crippen LogP contribution in [0.3, 0.4) is 0 Å². The molecule has 0 bridgehead atoms.